The molecule has 0 unspecified atom stereocenters. The van der Waals surface area contributed by atoms with Crippen molar-refractivity contribution in [2.75, 3.05) is 6.61 Å². The summed E-state index contributed by atoms with van der Waals surface area (Å²) >= 11 is 3.43. The van der Waals surface area contributed by atoms with Gasteiger partial charge in [0.05, 0.1) is 11.6 Å². The molecule has 0 aliphatic carbocycles. The molecule has 5 heteroatoms. The highest BCUT2D eigenvalue weighted by atomic mass is 79.9. The molecule has 3 heterocycles. The molecule has 3 rings (SSSR count). The number of nitrogens with zero attached hydrogens (tertiary/aromatic N) is 2. The zero-order valence-corrected chi connectivity index (χ0v) is 11.6. The van der Waals surface area contributed by atoms with E-state index in [-0.39, 0.29) is 5.56 Å². The summed E-state index contributed by atoms with van der Waals surface area (Å²) in [6.07, 6.45) is 5.39. The van der Waals surface area contributed by atoms with Crippen LogP contribution in [0, 0.1) is 0 Å². The van der Waals surface area contributed by atoms with Crippen LogP contribution in [0.25, 0.3) is 5.52 Å². The van der Waals surface area contributed by atoms with Crippen molar-refractivity contribution >= 4 is 21.4 Å². The summed E-state index contributed by atoms with van der Waals surface area (Å²) in [5.41, 5.74) is 0.974. The number of hydrogen-bond acceptors (Lipinski definition) is 2. The topological polar surface area (TPSA) is 35.6 Å². The number of rotatable bonds is 3. The summed E-state index contributed by atoms with van der Waals surface area (Å²) in [5, 5.41) is 0. The molecule has 1 atom stereocenters. The molecule has 0 radical (unpaired) electrons. The predicted molar refractivity (Wildman–Crippen MR) is 72.9 cm³/mol. The smallest absolute Gasteiger partial charge is 0.267 e. The normalized spacial score (nSPS) is 19.7. The Morgan fingerprint density at radius 3 is 3.11 bits per heavy atom. The minimum absolute atomic E-state index is 0.0473. The maximum atomic E-state index is 11.9. The molecule has 18 heavy (non-hydrogen) atoms. The third-order valence-corrected chi connectivity index (χ3v) is 3.87. The van der Waals surface area contributed by atoms with Gasteiger partial charge in [-0.05, 0) is 47.3 Å². The molecule has 0 amide bonds. The molecule has 1 aliphatic heterocycles. The molecular formula is C13H15BrN2O2. The third kappa shape index (κ3) is 2.24. The number of hydrogen-bond donors (Lipinski definition) is 0. The zero-order chi connectivity index (χ0) is 12.5. The lowest BCUT2D eigenvalue weighted by molar-refractivity contribution is 0.0988. The minimum Gasteiger partial charge on any atom is -0.378 e. The number of fused-ring (bicyclic) bond motifs is 1. The van der Waals surface area contributed by atoms with Crippen molar-refractivity contribution in [1.29, 1.82) is 0 Å². The monoisotopic (exact) mass is 310 g/mol. The summed E-state index contributed by atoms with van der Waals surface area (Å²) in [6.45, 7) is 1.56. The second-order valence-corrected chi connectivity index (χ2v) is 5.56. The maximum absolute atomic E-state index is 11.9. The Labute approximate surface area is 113 Å². The fraction of sp³-hybridized carbons (Fsp3) is 0.462. The van der Waals surface area contributed by atoms with Crippen LogP contribution in [-0.2, 0) is 11.3 Å². The van der Waals surface area contributed by atoms with Crippen molar-refractivity contribution in [3.05, 3.63) is 39.2 Å². The summed E-state index contributed by atoms with van der Waals surface area (Å²) in [4.78, 5) is 11.9. The first-order valence-corrected chi connectivity index (χ1v) is 7.03. The van der Waals surface area contributed by atoms with Crippen LogP contribution in [0.3, 0.4) is 0 Å². The lowest BCUT2D eigenvalue weighted by Gasteiger charge is -2.11. The van der Waals surface area contributed by atoms with Gasteiger partial charge in [0, 0.05) is 29.9 Å². The van der Waals surface area contributed by atoms with Gasteiger partial charge >= 0.3 is 0 Å². The lowest BCUT2D eigenvalue weighted by atomic mass is 10.2. The van der Waals surface area contributed by atoms with Gasteiger partial charge < -0.3 is 4.74 Å². The number of pyridine rings is 1. The van der Waals surface area contributed by atoms with E-state index < -0.39 is 0 Å². The Hall–Kier alpha value is -1.07. The van der Waals surface area contributed by atoms with Crippen molar-refractivity contribution < 1.29 is 4.74 Å². The van der Waals surface area contributed by atoms with E-state index >= 15 is 0 Å². The van der Waals surface area contributed by atoms with Crippen molar-refractivity contribution in [3.8, 4) is 0 Å². The highest BCUT2D eigenvalue weighted by molar-refractivity contribution is 9.10. The first-order valence-electron chi connectivity index (χ1n) is 6.23. The second kappa shape index (κ2) is 4.90. The fourth-order valence-corrected chi connectivity index (χ4v) is 2.79. The number of aryl methyl sites for hydroxylation is 1. The SMILES string of the molecule is O=c1cc2ccc(Br)cn2n1CC[C@@H]1CCCO1. The Bertz CT molecular complexity index is 611. The summed E-state index contributed by atoms with van der Waals surface area (Å²) in [7, 11) is 0. The Morgan fingerprint density at radius 2 is 2.33 bits per heavy atom. The van der Waals surface area contributed by atoms with Crippen LogP contribution in [0.15, 0.2) is 33.7 Å². The Morgan fingerprint density at radius 1 is 1.44 bits per heavy atom. The molecule has 1 saturated heterocycles. The molecule has 0 aromatic carbocycles. The van der Waals surface area contributed by atoms with E-state index in [1.54, 1.807) is 10.7 Å². The van der Waals surface area contributed by atoms with Crippen LogP contribution in [0.1, 0.15) is 19.3 Å². The molecule has 0 N–H and O–H groups in total. The number of ether oxygens (including phenoxy) is 1. The maximum Gasteiger partial charge on any atom is 0.267 e. The van der Waals surface area contributed by atoms with Crippen LogP contribution in [0.5, 0.6) is 0 Å². The second-order valence-electron chi connectivity index (χ2n) is 4.65. The van der Waals surface area contributed by atoms with Crippen molar-refractivity contribution in [2.24, 2.45) is 0 Å². The van der Waals surface area contributed by atoms with Crippen LogP contribution >= 0.6 is 15.9 Å². The number of halogens is 1. The van der Waals surface area contributed by atoms with Gasteiger partial charge in [-0.3, -0.25) is 9.31 Å². The third-order valence-electron chi connectivity index (χ3n) is 3.40. The first-order chi connectivity index (χ1) is 8.74. The van der Waals surface area contributed by atoms with Crippen LogP contribution in [0.2, 0.25) is 0 Å². The zero-order valence-electron chi connectivity index (χ0n) is 10.0. The molecule has 2 aromatic heterocycles. The molecule has 96 valence electrons. The molecule has 1 aliphatic rings. The number of aromatic nitrogens is 2. The quantitative estimate of drug-likeness (QED) is 0.873. The van der Waals surface area contributed by atoms with Crippen LogP contribution in [-0.4, -0.2) is 21.9 Å². The van der Waals surface area contributed by atoms with E-state index in [0.717, 1.165) is 35.9 Å². The van der Waals surface area contributed by atoms with E-state index in [1.165, 1.54) is 0 Å². The van der Waals surface area contributed by atoms with Gasteiger partial charge in [0.25, 0.3) is 5.56 Å². The van der Waals surface area contributed by atoms with Gasteiger partial charge in [-0.2, -0.15) is 0 Å². The van der Waals surface area contributed by atoms with E-state index in [1.807, 2.05) is 22.8 Å². The molecule has 2 aromatic rings. The van der Waals surface area contributed by atoms with Gasteiger partial charge in [0.1, 0.15) is 0 Å². The molecule has 0 bridgehead atoms. The molecule has 0 spiro atoms. The van der Waals surface area contributed by atoms with Crippen molar-refractivity contribution in [2.45, 2.75) is 31.9 Å². The standard InChI is InChI=1S/C13H15BrN2O2/c14-10-3-4-11-8-13(17)15(16(11)9-10)6-5-12-2-1-7-18-12/h3-4,8-9,12H,1-2,5-7H2/t12-/m0/s1. The van der Waals surface area contributed by atoms with E-state index in [0.29, 0.717) is 12.6 Å². The van der Waals surface area contributed by atoms with Gasteiger partial charge in [0.15, 0.2) is 0 Å². The van der Waals surface area contributed by atoms with Crippen LogP contribution < -0.4 is 5.56 Å². The largest absolute Gasteiger partial charge is 0.378 e. The van der Waals surface area contributed by atoms with E-state index in [9.17, 15) is 4.79 Å². The Balaban J connectivity index is 1.87. The summed E-state index contributed by atoms with van der Waals surface area (Å²) < 4.78 is 10.2. The average molecular weight is 311 g/mol. The fourth-order valence-electron chi connectivity index (χ4n) is 2.46. The van der Waals surface area contributed by atoms with E-state index in [2.05, 4.69) is 15.9 Å². The Kier molecular flexibility index (Phi) is 3.26. The lowest BCUT2D eigenvalue weighted by Crippen LogP contribution is -2.22. The molecule has 1 fully saturated rings. The van der Waals surface area contributed by atoms with Gasteiger partial charge in [-0.25, -0.2) is 4.68 Å². The summed E-state index contributed by atoms with van der Waals surface area (Å²) in [6, 6.07) is 5.55. The van der Waals surface area contributed by atoms with Gasteiger partial charge in [0.2, 0.25) is 0 Å². The highest BCUT2D eigenvalue weighted by Crippen LogP contribution is 2.16. The van der Waals surface area contributed by atoms with E-state index in [4.69, 9.17) is 4.74 Å². The summed E-state index contributed by atoms with van der Waals surface area (Å²) in [5.74, 6) is 0. The molecular weight excluding hydrogens is 296 g/mol. The molecule has 0 saturated carbocycles. The van der Waals surface area contributed by atoms with Crippen molar-refractivity contribution in [3.63, 3.8) is 0 Å². The molecule has 4 nitrogen and oxygen atoms in total. The first kappa shape index (κ1) is 12.0. The highest BCUT2D eigenvalue weighted by Gasteiger charge is 2.16. The van der Waals surface area contributed by atoms with Gasteiger partial charge in [-0.15, -0.1) is 0 Å². The van der Waals surface area contributed by atoms with Crippen LogP contribution in [0.4, 0.5) is 0 Å². The predicted octanol–water partition coefficient (Wildman–Crippen LogP) is 2.43. The van der Waals surface area contributed by atoms with Crippen molar-refractivity contribution in [1.82, 2.24) is 9.20 Å². The average Bonchev–Trinajstić information content (AvgIpc) is 2.94. The van der Waals surface area contributed by atoms with Gasteiger partial charge in [-0.1, -0.05) is 0 Å². The minimum atomic E-state index is 0.0473.